The third kappa shape index (κ3) is 7.24. The molecule has 0 bridgehead atoms. The standard InChI is InChI=1S/C35H49FN2/c1-10-12-13-31(23(3)4)19-32(17-16-29-14-15-29)35(21-36)37-34-20-33(18-24(5)25(34)6)28(9)38-22-30(11-2)26(7)27(38)8/h10,12-13,18-20,26-27,29-30H,3,9,11,14-17,21-22H2,1-2,4-8H3/b12-10-,31-13-,32-19+,37-35+/t26-,27+,30+/m0/s1. The van der Waals surface area contributed by atoms with Gasteiger partial charge in [0.2, 0.25) is 0 Å². The minimum absolute atomic E-state index is 0.448. The Morgan fingerprint density at radius 1 is 1.18 bits per heavy atom. The minimum atomic E-state index is -0.591. The molecule has 2 fully saturated rings. The highest BCUT2D eigenvalue weighted by Crippen LogP contribution is 2.39. The first-order valence-corrected chi connectivity index (χ1v) is 14.5. The summed E-state index contributed by atoms with van der Waals surface area (Å²) >= 11 is 0. The number of hydrogen-bond donors (Lipinski definition) is 0. The largest absolute Gasteiger partial charge is 0.368 e. The van der Waals surface area contributed by atoms with Crippen LogP contribution in [0.2, 0.25) is 0 Å². The molecule has 1 aromatic carbocycles. The van der Waals surface area contributed by atoms with Gasteiger partial charge in [0.05, 0.1) is 11.4 Å². The topological polar surface area (TPSA) is 15.6 Å². The molecule has 2 nitrogen and oxygen atoms in total. The van der Waals surface area contributed by atoms with Crippen LogP contribution in [0.15, 0.2) is 71.3 Å². The Kier molecular flexibility index (Phi) is 10.5. The van der Waals surface area contributed by atoms with E-state index in [1.807, 2.05) is 26.0 Å². The molecule has 38 heavy (non-hydrogen) atoms. The van der Waals surface area contributed by atoms with E-state index in [0.29, 0.717) is 23.6 Å². The maximum atomic E-state index is 14.7. The second-order valence-corrected chi connectivity index (χ2v) is 11.6. The maximum Gasteiger partial charge on any atom is 0.132 e. The van der Waals surface area contributed by atoms with Gasteiger partial charge in [0.25, 0.3) is 0 Å². The van der Waals surface area contributed by atoms with Gasteiger partial charge < -0.3 is 4.90 Å². The smallest absolute Gasteiger partial charge is 0.132 e. The number of allylic oxidation sites excluding steroid dienone is 7. The average Bonchev–Trinajstić information content (AvgIpc) is 3.68. The van der Waals surface area contributed by atoms with E-state index in [1.54, 1.807) is 0 Å². The van der Waals surface area contributed by atoms with Crippen LogP contribution in [-0.4, -0.2) is 29.9 Å². The van der Waals surface area contributed by atoms with Gasteiger partial charge >= 0.3 is 0 Å². The molecule has 0 unspecified atom stereocenters. The second kappa shape index (κ2) is 13.4. The summed E-state index contributed by atoms with van der Waals surface area (Å²) in [7, 11) is 0. The van der Waals surface area contributed by atoms with Gasteiger partial charge in [-0.2, -0.15) is 0 Å². The molecule has 0 N–H and O–H groups in total. The van der Waals surface area contributed by atoms with Crippen molar-refractivity contribution in [2.75, 3.05) is 13.2 Å². The Bertz CT molecular complexity index is 1140. The van der Waals surface area contributed by atoms with Gasteiger partial charge in [-0.05, 0) is 111 Å². The first-order chi connectivity index (χ1) is 18.1. The van der Waals surface area contributed by atoms with Gasteiger partial charge in [-0.25, -0.2) is 4.39 Å². The molecule has 3 rings (SSSR count). The molecule has 3 atom stereocenters. The number of aryl methyl sites for hydroxylation is 1. The first-order valence-electron chi connectivity index (χ1n) is 14.5. The van der Waals surface area contributed by atoms with Gasteiger partial charge in [-0.15, -0.1) is 0 Å². The summed E-state index contributed by atoms with van der Waals surface area (Å²) in [5.74, 6) is 2.08. The van der Waals surface area contributed by atoms with E-state index < -0.39 is 6.67 Å². The van der Waals surface area contributed by atoms with Crippen LogP contribution in [0, 0.1) is 31.6 Å². The minimum Gasteiger partial charge on any atom is -0.368 e. The highest BCUT2D eigenvalue weighted by atomic mass is 19.1. The normalized spacial score (nSPS) is 23.0. The summed E-state index contributed by atoms with van der Waals surface area (Å²) < 4.78 is 14.7. The van der Waals surface area contributed by atoms with Crippen molar-refractivity contribution in [3.63, 3.8) is 0 Å². The summed E-state index contributed by atoms with van der Waals surface area (Å²) in [4.78, 5) is 7.46. The van der Waals surface area contributed by atoms with Crippen LogP contribution in [0.3, 0.4) is 0 Å². The van der Waals surface area contributed by atoms with E-state index in [-0.39, 0.29) is 0 Å². The van der Waals surface area contributed by atoms with Crippen LogP contribution < -0.4 is 0 Å². The highest BCUT2D eigenvalue weighted by molar-refractivity contribution is 6.03. The molecular weight excluding hydrogens is 467 g/mol. The number of rotatable bonds is 12. The van der Waals surface area contributed by atoms with Crippen molar-refractivity contribution < 1.29 is 4.39 Å². The third-order valence-electron chi connectivity index (χ3n) is 8.83. The fourth-order valence-corrected chi connectivity index (χ4v) is 5.51. The Labute approximate surface area is 231 Å². The molecule has 0 radical (unpaired) electrons. The van der Waals surface area contributed by atoms with Crippen LogP contribution in [0.1, 0.15) is 83.4 Å². The molecule has 3 heteroatoms. The van der Waals surface area contributed by atoms with Crippen LogP contribution in [-0.2, 0) is 0 Å². The molecule has 1 aliphatic carbocycles. The molecule has 1 aromatic rings. The van der Waals surface area contributed by atoms with Crippen molar-refractivity contribution in [3.8, 4) is 0 Å². The molecule has 206 valence electrons. The summed E-state index contributed by atoms with van der Waals surface area (Å²) in [6.45, 7) is 24.3. The zero-order valence-electron chi connectivity index (χ0n) is 24.9. The molecule has 1 heterocycles. The molecule has 0 amide bonds. The number of likely N-dealkylation sites (tertiary alicyclic amines) is 1. The first kappa shape index (κ1) is 29.9. The van der Waals surface area contributed by atoms with Crippen LogP contribution in [0.4, 0.5) is 10.1 Å². The number of nitrogens with zero attached hydrogens (tertiary/aromatic N) is 2. The zero-order chi connectivity index (χ0) is 28.0. The molecule has 1 saturated heterocycles. The van der Waals surface area contributed by atoms with Crippen LogP contribution in [0.5, 0.6) is 0 Å². The van der Waals surface area contributed by atoms with E-state index in [2.05, 4.69) is 77.0 Å². The summed E-state index contributed by atoms with van der Waals surface area (Å²) in [6, 6.07) is 4.78. The molecular formula is C35H49FN2. The van der Waals surface area contributed by atoms with Crippen molar-refractivity contribution in [2.45, 2.75) is 86.6 Å². The Morgan fingerprint density at radius 2 is 1.89 bits per heavy atom. The maximum absolute atomic E-state index is 14.7. The molecule has 0 spiro atoms. The third-order valence-corrected chi connectivity index (χ3v) is 8.83. The number of halogens is 1. The average molecular weight is 517 g/mol. The molecule has 2 aliphatic rings. The SMILES string of the molecule is C=C(C)C(=C\C=C/C)/C=C(CCC1CC1)/C(CF)=N/c1cc(C(=C)N2C[C@@H](CC)[C@@H](C)[C@H]2C)cc(C)c1C. The highest BCUT2D eigenvalue weighted by Gasteiger charge is 2.35. The summed E-state index contributed by atoms with van der Waals surface area (Å²) in [5, 5.41) is 0. The lowest BCUT2D eigenvalue weighted by Crippen LogP contribution is -2.27. The van der Waals surface area contributed by atoms with E-state index >= 15 is 0 Å². The van der Waals surface area contributed by atoms with E-state index in [1.165, 1.54) is 19.3 Å². The lowest BCUT2D eigenvalue weighted by atomic mass is 9.91. The molecule has 0 aromatic heterocycles. The predicted octanol–water partition coefficient (Wildman–Crippen LogP) is 9.88. The van der Waals surface area contributed by atoms with Gasteiger partial charge in [-0.3, -0.25) is 4.99 Å². The predicted molar refractivity (Wildman–Crippen MR) is 165 cm³/mol. The lowest BCUT2D eigenvalue weighted by Gasteiger charge is -2.28. The number of aliphatic imine (C=N–C) groups is 1. The van der Waals surface area contributed by atoms with E-state index in [4.69, 9.17) is 4.99 Å². The van der Waals surface area contributed by atoms with Crippen LogP contribution >= 0.6 is 0 Å². The van der Waals surface area contributed by atoms with Crippen molar-refractivity contribution in [1.29, 1.82) is 0 Å². The van der Waals surface area contributed by atoms with Gasteiger partial charge in [0.1, 0.15) is 6.67 Å². The van der Waals surface area contributed by atoms with E-state index in [0.717, 1.165) is 70.1 Å². The summed E-state index contributed by atoms with van der Waals surface area (Å²) in [6.07, 6.45) is 13.8. The quantitative estimate of drug-likeness (QED) is 0.199. The molecule has 1 aliphatic heterocycles. The fraction of sp³-hybridized carbons (Fsp3) is 0.514. The number of hydrogen-bond acceptors (Lipinski definition) is 2. The van der Waals surface area contributed by atoms with Crippen molar-refractivity contribution in [2.24, 2.45) is 22.7 Å². The number of alkyl halides is 1. The second-order valence-electron chi connectivity index (χ2n) is 11.6. The Morgan fingerprint density at radius 3 is 2.45 bits per heavy atom. The Balaban J connectivity index is 2.02. The summed E-state index contributed by atoms with van der Waals surface area (Å²) in [5.41, 5.74) is 8.71. The monoisotopic (exact) mass is 516 g/mol. The van der Waals surface area contributed by atoms with Crippen molar-refractivity contribution in [1.82, 2.24) is 4.90 Å². The van der Waals surface area contributed by atoms with Gasteiger partial charge in [-0.1, -0.05) is 70.1 Å². The lowest BCUT2D eigenvalue weighted by molar-refractivity contribution is 0.348. The fourth-order valence-electron chi connectivity index (χ4n) is 5.51. The van der Waals surface area contributed by atoms with Crippen molar-refractivity contribution >= 4 is 17.1 Å². The molecule has 1 saturated carbocycles. The van der Waals surface area contributed by atoms with Gasteiger partial charge in [0, 0.05) is 18.3 Å². The number of benzene rings is 1. The van der Waals surface area contributed by atoms with Gasteiger partial charge in [0.15, 0.2) is 0 Å². The Hall–Kier alpha value is -2.68. The van der Waals surface area contributed by atoms with Crippen LogP contribution in [0.25, 0.3) is 5.70 Å². The zero-order valence-corrected chi connectivity index (χ0v) is 24.9. The van der Waals surface area contributed by atoms with Crippen molar-refractivity contribution in [3.05, 3.63) is 83.0 Å². The van der Waals surface area contributed by atoms with E-state index in [9.17, 15) is 4.39 Å².